The molecule has 6 nitrogen and oxygen atoms in total. The summed E-state index contributed by atoms with van der Waals surface area (Å²) >= 11 is 12.5. The monoisotopic (exact) mass is 496 g/mol. The normalized spacial score (nSPS) is 17.5. The number of carbonyl (C=O) groups excluding carboxylic acids is 2. The van der Waals surface area contributed by atoms with Gasteiger partial charge in [-0.05, 0) is 53.4 Å². The molecule has 3 aromatic rings. The Morgan fingerprint density at radius 1 is 1.03 bits per heavy atom. The van der Waals surface area contributed by atoms with Crippen molar-refractivity contribution in [3.63, 3.8) is 0 Å². The number of aromatic nitrogens is 1. The molecule has 4 rings (SSSR count). The Balaban J connectivity index is 1.91. The molecule has 0 aliphatic carbocycles. The molecule has 1 fully saturated rings. The largest absolute Gasteiger partial charge is 0.507 e. The zero-order valence-corrected chi connectivity index (χ0v) is 20.3. The summed E-state index contributed by atoms with van der Waals surface area (Å²) < 4.78 is 5.17. The van der Waals surface area contributed by atoms with E-state index in [1.807, 2.05) is 12.1 Å². The molecule has 2 aromatic carbocycles. The molecule has 0 spiro atoms. The third-order valence-electron chi connectivity index (χ3n) is 5.78. The first-order valence-corrected chi connectivity index (χ1v) is 11.3. The van der Waals surface area contributed by atoms with Gasteiger partial charge in [0.15, 0.2) is 5.75 Å². The second-order valence-electron chi connectivity index (χ2n) is 8.17. The molecular weight excluding hydrogens is 475 g/mol. The maximum Gasteiger partial charge on any atom is 0.300 e. The Labute approximate surface area is 207 Å². The van der Waals surface area contributed by atoms with Crippen molar-refractivity contribution in [3.05, 3.63) is 93.2 Å². The summed E-state index contributed by atoms with van der Waals surface area (Å²) in [4.78, 5) is 31.9. The number of halogens is 2. The first-order chi connectivity index (χ1) is 16.2. The van der Waals surface area contributed by atoms with Crippen LogP contribution in [0.5, 0.6) is 5.75 Å². The molecule has 0 saturated carbocycles. The van der Waals surface area contributed by atoms with Crippen molar-refractivity contribution in [1.29, 1.82) is 0 Å². The van der Waals surface area contributed by atoms with Gasteiger partial charge < -0.3 is 9.84 Å². The number of rotatable bonds is 5. The molecule has 1 aromatic heterocycles. The van der Waals surface area contributed by atoms with Crippen molar-refractivity contribution in [2.75, 3.05) is 12.0 Å². The van der Waals surface area contributed by atoms with Gasteiger partial charge in [0, 0.05) is 23.6 Å². The van der Waals surface area contributed by atoms with Gasteiger partial charge in [-0.2, -0.15) is 0 Å². The number of nitrogens with zero attached hydrogens (tertiary/aromatic N) is 2. The molecule has 1 saturated heterocycles. The van der Waals surface area contributed by atoms with Gasteiger partial charge >= 0.3 is 0 Å². The van der Waals surface area contributed by atoms with E-state index in [2.05, 4.69) is 18.8 Å². The lowest BCUT2D eigenvalue weighted by atomic mass is 9.95. The second-order valence-corrected chi connectivity index (χ2v) is 8.98. The minimum atomic E-state index is -0.868. The Kier molecular flexibility index (Phi) is 6.64. The van der Waals surface area contributed by atoms with Gasteiger partial charge in [-0.25, -0.2) is 0 Å². The van der Waals surface area contributed by atoms with Crippen LogP contribution in [-0.2, 0) is 9.59 Å². The average molecular weight is 497 g/mol. The van der Waals surface area contributed by atoms with Gasteiger partial charge in [0.2, 0.25) is 0 Å². The van der Waals surface area contributed by atoms with E-state index in [0.29, 0.717) is 17.2 Å². The molecular formula is C26H22Cl2N2O4. The lowest BCUT2D eigenvalue weighted by Crippen LogP contribution is -2.29. The molecule has 2 heterocycles. The molecule has 0 bridgehead atoms. The number of Topliss-reactive ketones (excluding diaryl/α,β-unsaturated/α-hetero) is 1. The van der Waals surface area contributed by atoms with Crippen LogP contribution in [0, 0.1) is 0 Å². The Bertz CT molecular complexity index is 1260. The summed E-state index contributed by atoms with van der Waals surface area (Å²) in [6.07, 6.45) is 3.14. The van der Waals surface area contributed by atoms with Crippen molar-refractivity contribution in [2.24, 2.45) is 0 Å². The Hall–Kier alpha value is -3.35. The number of aliphatic hydroxyl groups is 1. The van der Waals surface area contributed by atoms with Gasteiger partial charge in [-0.1, -0.05) is 49.2 Å². The van der Waals surface area contributed by atoms with Crippen LogP contribution in [0.2, 0.25) is 10.0 Å². The highest BCUT2D eigenvalue weighted by Crippen LogP contribution is 2.43. The molecule has 1 atom stereocenters. The summed E-state index contributed by atoms with van der Waals surface area (Å²) in [6, 6.07) is 12.9. The van der Waals surface area contributed by atoms with E-state index < -0.39 is 17.7 Å². The van der Waals surface area contributed by atoms with Gasteiger partial charge in [0.1, 0.15) is 5.76 Å². The SMILES string of the molecule is COc1c(Cl)cc(/C(O)=C2\C(=O)C(=O)N(c3ccc(C(C)C)cc3)C2c2ccncc2)cc1Cl. The topological polar surface area (TPSA) is 79.7 Å². The van der Waals surface area contributed by atoms with E-state index in [1.54, 1.807) is 36.7 Å². The quantitative estimate of drug-likeness (QED) is 0.260. The fourth-order valence-electron chi connectivity index (χ4n) is 4.03. The van der Waals surface area contributed by atoms with E-state index in [0.717, 1.165) is 5.56 Å². The minimum Gasteiger partial charge on any atom is -0.507 e. The van der Waals surface area contributed by atoms with Crippen LogP contribution >= 0.6 is 23.2 Å². The van der Waals surface area contributed by atoms with Gasteiger partial charge in [0.05, 0.1) is 28.8 Å². The number of amides is 1. The second kappa shape index (κ2) is 9.49. The minimum absolute atomic E-state index is 0.0681. The highest BCUT2D eigenvalue weighted by Gasteiger charge is 2.47. The summed E-state index contributed by atoms with van der Waals surface area (Å²) in [7, 11) is 1.42. The molecule has 0 radical (unpaired) electrons. The lowest BCUT2D eigenvalue weighted by molar-refractivity contribution is -0.132. The number of methoxy groups -OCH3 is 1. The standard InChI is InChI=1S/C26H22Cl2N2O4/c1-14(2)15-4-6-18(7-5-15)30-22(16-8-10-29-11-9-16)21(24(32)26(30)33)23(31)17-12-19(27)25(34-3)20(28)13-17/h4-14,22,31H,1-3H3/b23-21+. The van der Waals surface area contributed by atoms with Crippen LogP contribution in [0.15, 0.2) is 66.5 Å². The molecule has 1 aliphatic rings. The predicted octanol–water partition coefficient (Wildman–Crippen LogP) is 6.15. The number of pyridine rings is 1. The number of hydrogen-bond acceptors (Lipinski definition) is 5. The van der Waals surface area contributed by atoms with E-state index in [4.69, 9.17) is 27.9 Å². The maximum atomic E-state index is 13.2. The fraction of sp³-hybridized carbons (Fsp3) is 0.192. The number of ketones is 1. The van der Waals surface area contributed by atoms with Crippen LogP contribution in [0.1, 0.15) is 42.5 Å². The first-order valence-electron chi connectivity index (χ1n) is 10.6. The number of aliphatic hydroxyl groups excluding tert-OH is 1. The third kappa shape index (κ3) is 4.15. The van der Waals surface area contributed by atoms with Crippen molar-refractivity contribution >= 4 is 46.3 Å². The van der Waals surface area contributed by atoms with Gasteiger partial charge in [0.25, 0.3) is 11.7 Å². The van der Waals surface area contributed by atoms with Crippen LogP contribution in [0.4, 0.5) is 5.69 Å². The predicted molar refractivity (Wildman–Crippen MR) is 133 cm³/mol. The highest BCUT2D eigenvalue weighted by atomic mass is 35.5. The maximum absolute atomic E-state index is 13.2. The summed E-state index contributed by atoms with van der Waals surface area (Å²) in [5.41, 5.74) is 2.39. The molecule has 8 heteroatoms. The molecule has 1 aliphatic heterocycles. The molecule has 174 valence electrons. The van der Waals surface area contributed by atoms with Crippen LogP contribution in [-0.4, -0.2) is 28.9 Å². The van der Waals surface area contributed by atoms with E-state index in [9.17, 15) is 14.7 Å². The van der Waals surface area contributed by atoms with E-state index in [-0.39, 0.29) is 32.7 Å². The molecule has 1 N–H and O–H groups in total. The number of anilines is 1. The number of carbonyl (C=O) groups is 2. The summed E-state index contributed by atoms with van der Waals surface area (Å²) in [5.74, 6) is -1.38. The van der Waals surface area contributed by atoms with Crippen molar-refractivity contribution < 1.29 is 19.4 Å². The van der Waals surface area contributed by atoms with Crippen LogP contribution in [0.25, 0.3) is 5.76 Å². The van der Waals surface area contributed by atoms with Gasteiger partial charge in [-0.3, -0.25) is 19.5 Å². The molecule has 1 unspecified atom stereocenters. The fourth-order valence-corrected chi connectivity index (χ4v) is 4.67. The van der Waals surface area contributed by atoms with Crippen molar-refractivity contribution in [3.8, 4) is 5.75 Å². The average Bonchev–Trinajstić information content (AvgIpc) is 3.09. The first kappa shape index (κ1) is 23.8. The summed E-state index contributed by atoms with van der Waals surface area (Å²) in [5, 5.41) is 11.6. The van der Waals surface area contributed by atoms with Crippen molar-refractivity contribution in [2.45, 2.75) is 25.8 Å². The smallest absolute Gasteiger partial charge is 0.300 e. The zero-order valence-electron chi connectivity index (χ0n) is 18.8. The Morgan fingerprint density at radius 2 is 1.62 bits per heavy atom. The van der Waals surface area contributed by atoms with Crippen molar-refractivity contribution in [1.82, 2.24) is 4.98 Å². The number of ether oxygens (including phenoxy) is 1. The molecule has 34 heavy (non-hydrogen) atoms. The third-order valence-corrected chi connectivity index (χ3v) is 6.34. The highest BCUT2D eigenvalue weighted by molar-refractivity contribution is 6.51. The lowest BCUT2D eigenvalue weighted by Gasteiger charge is -2.25. The van der Waals surface area contributed by atoms with Crippen LogP contribution < -0.4 is 9.64 Å². The van der Waals surface area contributed by atoms with E-state index >= 15 is 0 Å². The van der Waals surface area contributed by atoms with Gasteiger partial charge in [-0.15, -0.1) is 0 Å². The number of hydrogen-bond donors (Lipinski definition) is 1. The van der Waals surface area contributed by atoms with Crippen LogP contribution in [0.3, 0.4) is 0 Å². The Morgan fingerprint density at radius 3 is 2.15 bits per heavy atom. The zero-order chi connectivity index (χ0) is 24.6. The van der Waals surface area contributed by atoms with E-state index in [1.165, 1.54) is 24.1 Å². The summed E-state index contributed by atoms with van der Waals surface area (Å²) in [6.45, 7) is 4.15. The number of benzene rings is 2. The molecule has 1 amide bonds.